The zero-order chi connectivity index (χ0) is 15.4. The average Bonchev–Trinajstić information content (AvgIpc) is 2.47. The van der Waals surface area contributed by atoms with Gasteiger partial charge in [-0.2, -0.15) is 0 Å². The molecule has 21 heavy (non-hydrogen) atoms. The predicted octanol–water partition coefficient (Wildman–Crippen LogP) is 3.20. The fourth-order valence-electron chi connectivity index (χ4n) is 2.15. The van der Waals surface area contributed by atoms with Gasteiger partial charge < -0.3 is 15.2 Å². The summed E-state index contributed by atoms with van der Waals surface area (Å²) in [7, 11) is 1.62. The molecule has 1 unspecified atom stereocenters. The molecule has 2 aromatic carbocycles. The number of phenolic OH excluding ortho intramolecular Hbond substituents is 1. The number of ether oxygens (including phenoxy) is 1. The van der Waals surface area contributed by atoms with E-state index in [1.807, 2.05) is 31.2 Å². The normalized spacial score (nSPS) is 11.8. The van der Waals surface area contributed by atoms with Crippen LogP contribution in [0.1, 0.15) is 34.5 Å². The van der Waals surface area contributed by atoms with E-state index >= 15 is 0 Å². The van der Waals surface area contributed by atoms with E-state index in [0.717, 1.165) is 16.9 Å². The summed E-state index contributed by atoms with van der Waals surface area (Å²) in [5.74, 6) is 0.787. The van der Waals surface area contributed by atoms with Crippen LogP contribution in [0.3, 0.4) is 0 Å². The Morgan fingerprint density at radius 1 is 1.19 bits per heavy atom. The number of hydrogen-bond donors (Lipinski definition) is 2. The van der Waals surface area contributed by atoms with Gasteiger partial charge in [0.25, 0.3) is 5.91 Å². The van der Waals surface area contributed by atoms with E-state index < -0.39 is 0 Å². The SMILES string of the molecule is COc1ccc(C(C)NC(=O)c2ccc(O)cc2C)cc1. The number of phenols is 1. The lowest BCUT2D eigenvalue weighted by molar-refractivity contribution is 0.0939. The van der Waals surface area contributed by atoms with Crippen LogP contribution in [-0.4, -0.2) is 18.1 Å². The van der Waals surface area contributed by atoms with E-state index in [-0.39, 0.29) is 17.7 Å². The van der Waals surface area contributed by atoms with Gasteiger partial charge >= 0.3 is 0 Å². The number of carbonyl (C=O) groups is 1. The van der Waals surface area contributed by atoms with Crippen LogP contribution in [0.2, 0.25) is 0 Å². The smallest absolute Gasteiger partial charge is 0.252 e. The average molecular weight is 285 g/mol. The maximum atomic E-state index is 12.3. The molecule has 0 radical (unpaired) electrons. The Bertz CT molecular complexity index is 635. The standard InChI is InChI=1S/C17H19NO3/c1-11-10-14(19)6-9-16(11)17(20)18-12(2)13-4-7-15(21-3)8-5-13/h4-10,12,19H,1-3H3,(H,18,20). The highest BCUT2D eigenvalue weighted by molar-refractivity contribution is 5.96. The first-order valence-electron chi connectivity index (χ1n) is 6.75. The quantitative estimate of drug-likeness (QED) is 0.907. The Morgan fingerprint density at radius 2 is 1.86 bits per heavy atom. The van der Waals surface area contributed by atoms with Crippen LogP contribution in [-0.2, 0) is 0 Å². The van der Waals surface area contributed by atoms with Gasteiger partial charge in [0.1, 0.15) is 11.5 Å². The van der Waals surface area contributed by atoms with Crippen molar-refractivity contribution in [1.82, 2.24) is 5.32 Å². The van der Waals surface area contributed by atoms with Gasteiger partial charge in [0, 0.05) is 5.56 Å². The molecule has 2 N–H and O–H groups in total. The minimum Gasteiger partial charge on any atom is -0.508 e. The first-order valence-corrected chi connectivity index (χ1v) is 6.75. The summed E-state index contributed by atoms with van der Waals surface area (Å²) >= 11 is 0. The molecular formula is C17H19NO3. The van der Waals surface area contributed by atoms with Crippen LogP contribution in [0.25, 0.3) is 0 Å². The molecule has 0 aromatic heterocycles. The van der Waals surface area contributed by atoms with E-state index in [1.165, 1.54) is 6.07 Å². The van der Waals surface area contributed by atoms with E-state index in [9.17, 15) is 9.90 Å². The molecule has 4 heteroatoms. The van der Waals surface area contributed by atoms with Crippen molar-refractivity contribution < 1.29 is 14.6 Å². The largest absolute Gasteiger partial charge is 0.508 e. The lowest BCUT2D eigenvalue weighted by atomic mass is 10.1. The summed E-state index contributed by atoms with van der Waals surface area (Å²) in [5, 5.41) is 12.3. The Kier molecular flexibility index (Phi) is 4.48. The van der Waals surface area contributed by atoms with Crippen LogP contribution in [0.4, 0.5) is 0 Å². The molecule has 110 valence electrons. The van der Waals surface area contributed by atoms with Crippen LogP contribution in [0.5, 0.6) is 11.5 Å². The maximum Gasteiger partial charge on any atom is 0.252 e. The summed E-state index contributed by atoms with van der Waals surface area (Å²) in [6.45, 7) is 3.72. The van der Waals surface area contributed by atoms with Crippen molar-refractivity contribution in [3.8, 4) is 11.5 Å². The van der Waals surface area contributed by atoms with Crippen molar-refractivity contribution in [2.45, 2.75) is 19.9 Å². The molecule has 0 spiro atoms. The number of rotatable bonds is 4. The van der Waals surface area contributed by atoms with Crippen molar-refractivity contribution in [3.05, 3.63) is 59.2 Å². The highest BCUT2D eigenvalue weighted by atomic mass is 16.5. The first-order chi connectivity index (χ1) is 10.0. The molecule has 1 amide bonds. The number of nitrogens with one attached hydrogen (secondary N) is 1. The molecule has 4 nitrogen and oxygen atoms in total. The van der Waals surface area contributed by atoms with Gasteiger partial charge in [0.05, 0.1) is 13.2 Å². The molecule has 0 fully saturated rings. The molecule has 0 saturated carbocycles. The zero-order valence-corrected chi connectivity index (χ0v) is 12.4. The Morgan fingerprint density at radius 3 is 2.43 bits per heavy atom. The summed E-state index contributed by atoms with van der Waals surface area (Å²) in [4.78, 5) is 12.3. The highest BCUT2D eigenvalue weighted by Gasteiger charge is 2.13. The molecular weight excluding hydrogens is 266 g/mol. The Balaban J connectivity index is 2.10. The first kappa shape index (κ1) is 14.9. The van der Waals surface area contributed by atoms with Gasteiger partial charge in [-0.05, 0) is 55.3 Å². The summed E-state index contributed by atoms with van der Waals surface area (Å²) in [6.07, 6.45) is 0. The summed E-state index contributed by atoms with van der Waals surface area (Å²) in [5.41, 5.74) is 2.31. The monoisotopic (exact) mass is 285 g/mol. The number of hydrogen-bond acceptors (Lipinski definition) is 3. The molecule has 2 rings (SSSR count). The lowest BCUT2D eigenvalue weighted by Crippen LogP contribution is -2.27. The van der Waals surface area contributed by atoms with E-state index in [2.05, 4.69) is 5.32 Å². The van der Waals surface area contributed by atoms with E-state index in [0.29, 0.717) is 5.56 Å². The lowest BCUT2D eigenvalue weighted by Gasteiger charge is -2.16. The molecule has 1 atom stereocenters. The minimum atomic E-state index is -0.157. The Labute approximate surface area is 124 Å². The van der Waals surface area contributed by atoms with Gasteiger partial charge in [-0.25, -0.2) is 0 Å². The number of benzene rings is 2. The second kappa shape index (κ2) is 6.31. The second-order valence-corrected chi connectivity index (χ2v) is 4.97. The van der Waals surface area contributed by atoms with Crippen LogP contribution >= 0.6 is 0 Å². The van der Waals surface area contributed by atoms with Crippen molar-refractivity contribution >= 4 is 5.91 Å². The number of carbonyl (C=O) groups excluding carboxylic acids is 1. The zero-order valence-electron chi connectivity index (χ0n) is 12.4. The van der Waals surface area contributed by atoms with Crippen molar-refractivity contribution in [2.75, 3.05) is 7.11 Å². The van der Waals surface area contributed by atoms with Gasteiger partial charge in [0.15, 0.2) is 0 Å². The molecule has 0 aliphatic heterocycles. The number of aryl methyl sites for hydroxylation is 1. The third-order valence-electron chi connectivity index (χ3n) is 3.42. The molecule has 0 bridgehead atoms. The summed E-state index contributed by atoms with van der Waals surface area (Å²) < 4.78 is 5.12. The summed E-state index contributed by atoms with van der Waals surface area (Å²) in [6, 6.07) is 12.2. The van der Waals surface area contributed by atoms with E-state index in [4.69, 9.17) is 4.74 Å². The Hall–Kier alpha value is -2.49. The molecule has 0 aliphatic carbocycles. The number of amides is 1. The van der Waals surface area contributed by atoms with Crippen LogP contribution in [0.15, 0.2) is 42.5 Å². The molecule has 2 aromatic rings. The molecule has 0 heterocycles. The minimum absolute atomic E-state index is 0.114. The number of methoxy groups -OCH3 is 1. The second-order valence-electron chi connectivity index (χ2n) is 4.97. The van der Waals surface area contributed by atoms with Gasteiger partial charge in [-0.15, -0.1) is 0 Å². The predicted molar refractivity (Wildman–Crippen MR) is 81.7 cm³/mol. The van der Waals surface area contributed by atoms with Gasteiger partial charge in [-0.3, -0.25) is 4.79 Å². The molecule has 0 saturated heterocycles. The van der Waals surface area contributed by atoms with Crippen LogP contribution in [0, 0.1) is 6.92 Å². The fraction of sp³-hybridized carbons (Fsp3) is 0.235. The molecule has 0 aliphatic rings. The number of aromatic hydroxyl groups is 1. The van der Waals surface area contributed by atoms with Crippen LogP contribution < -0.4 is 10.1 Å². The van der Waals surface area contributed by atoms with E-state index in [1.54, 1.807) is 26.2 Å². The fourth-order valence-corrected chi connectivity index (χ4v) is 2.15. The van der Waals surface area contributed by atoms with Gasteiger partial charge in [0.2, 0.25) is 0 Å². The van der Waals surface area contributed by atoms with Gasteiger partial charge in [-0.1, -0.05) is 12.1 Å². The van der Waals surface area contributed by atoms with Crippen molar-refractivity contribution in [1.29, 1.82) is 0 Å². The van der Waals surface area contributed by atoms with Crippen molar-refractivity contribution in [2.24, 2.45) is 0 Å². The third-order valence-corrected chi connectivity index (χ3v) is 3.42. The van der Waals surface area contributed by atoms with Crippen molar-refractivity contribution in [3.63, 3.8) is 0 Å². The third kappa shape index (κ3) is 3.54. The highest BCUT2D eigenvalue weighted by Crippen LogP contribution is 2.19. The topological polar surface area (TPSA) is 58.6 Å². The maximum absolute atomic E-state index is 12.3.